The molecular formula is C18H27NO4. The van der Waals surface area contributed by atoms with Crippen LogP contribution in [0.2, 0.25) is 0 Å². The lowest BCUT2D eigenvalue weighted by molar-refractivity contribution is -0.0323. The third-order valence-corrected chi connectivity index (χ3v) is 5.08. The predicted molar refractivity (Wildman–Crippen MR) is 88.4 cm³/mol. The first-order valence-corrected chi connectivity index (χ1v) is 8.36. The van der Waals surface area contributed by atoms with Crippen molar-refractivity contribution in [3.05, 3.63) is 23.8 Å². The first-order valence-electron chi connectivity index (χ1n) is 8.36. The Hall–Kier alpha value is -1.30. The largest absolute Gasteiger partial charge is 0.493 e. The van der Waals surface area contributed by atoms with Gasteiger partial charge in [0.05, 0.1) is 33.0 Å². The van der Waals surface area contributed by atoms with E-state index in [9.17, 15) is 0 Å². The summed E-state index contributed by atoms with van der Waals surface area (Å²) in [5.41, 5.74) is 1.26. The van der Waals surface area contributed by atoms with Gasteiger partial charge in [0, 0.05) is 26.2 Å². The van der Waals surface area contributed by atoms with Gasteiger partial charge in [0.2, 0.25) is 0 Å². The second-order valence-electron chi connectivity index (χ2n) is 6.23. The summed E-state index contributed by atoms with van der Waals surface area (Å²) in [5, 5.41) is 0. The fourth-order valence-electron chi connectivity index (χ4n) is 3.86. The molecule has 0 aromatic heterocycles. The molecule has 1 aliphatic carbocycles. The van der Waals surface area contributed by atoms with Crippen LogP contribution >= 0.6 is 0 Å². The molecule has 5 nitrogen and oxygen atoms in total. The zero-order chi connectivity index (χ0) is 16.2. The van der Waals surface area contributed by atoms with Crippen LogP contribution in [0, 0.1) is 0 Å². The Morgan fingerprint density at radius 1 is 1.13 bits per heavy atom. The van der Waals surface area contributed by atoms with Crippen LogP contribution in [-0.4, -0.2) is 64.2 Å². The SMILES string of the molecule is COc1ccc(CCN2CCO[C@H]3CC[C@H]2[C@@H]3OC)cc1OC. The number of hydrogen-bond acceptors (Lipinski definition) is 5. The number of rotatable bonds is 6. The average Bonchev–Trinajstić information content (AvgIpc) is 2.90. The summed E-state index contributed by atoms with van der Waals surface area (Å²) in [6.07, 6.45) is 3.74. The van der Waals surface area contributed by atoms with Gasteiger partial charge in [0.25, 0.3) is 0 Å². The molecule has 2 bridgehead atoms. The molecule has 1 aromatic carbocycles. The van der Waals surface area contributed by atoms with E-state index in [-0.39, 0.29) is 12.2 Å². The number of benzene rings is 1. The molecule has 128 valence electrons. The highest BCUT2D eigenvalue weighted by molar-refractivity contribution is 5.42. The predicted octanol–water partition coefficient (Wildman–Crippen LogP) is 2.12. The second kappa shape index (κ2) is 7.51. The van der Waals surface area contributed by atoms with Crippen molar-refractivity contribution < 1.29 is 18.9 Å². The van der Waals surface area contributed by atoms with Gasteiger partial charge in [-0.3, -0.25) is 4.90 Å². The lowest BCUT2D eigenvalue weighted by Gasteiger charge is -2.30. The smallest absolute Gasteiger partial charge is 0.160 e. The van der Waals surface area contributed by atoms with Crippen LogP contribution < -0.4 is 9.47 Å². The Morgan fingerprint density at radius 2 is 1.96 bits per heavy atom. The van der Waals surface area contributed by atoms with E-state index in [4.69, 9.17) is 18.9 Å². The topological polar surface area (TPSA) is 40.2 Å². The Balaban J connectivity index is 1.65. The van der Waals surface area contributed by atoms with Crippen molar-refractivity contribution in [2.45, 2.75) is 37.5 Å². The lowest BCUT2D eigenvalue weighted by Crippen LogP contribution is -2.43. The van der Waals surface area contributed by atoms with Crippen LogP contribution in [0.3, 0.4) is 0 Å². The third-order valence-electron chi connectivity index (χ3n) is 5.08. The summed E-state index contributed by atoms with van der Waals surface area (Å²) in [5.74, 6) is 1.57. The molecule has 5 heteroatoms. The fraction of sp³-hybridized carbons (Fsp3) is 0.667. The molecule has 0 radical (unpaired) electrons. The normalized spacial score (nSPS) is 27.7. The molecule has 23 heavy (non-hydrogen) atoms. The van der Waals surface area contributed by atoms with Crippen molar-refractivity contribution >= 4 is 0 Å². The highest BCUT2D eigenvalue weighted by Gasteiger charge is 2.42. The number of hydrogen-bond donors (Lipinski definition) is 0. The molecule has 1 aromatic rings. The molecule has 1 saturated heterocycles. The Bertz CT molecular complexity index is 522. The number of fused-ring (bicyclic) bond motifs is 2. The number of ether oxygens (including phenoxy) is 4. The van der Waals surface area contributed by atoms with Gasteiger partial charge < -0.3 is 18.9 Å². The summed E-state index contributed by atoms with van der Waals surface area (Å²) in [7, 11) is 5.14. The van der Waals surface area contributed by atoms with Gasteiger partial charge in [0.15, 0.2) is 11.5 Å². The van der Waals surface area contributed by atoms with Crippen molar-refractivity contribution in [2.75, 3.05) is 41.0 Å². The van der Waals surface area contributed by atoms with Crippen molar-refractivity contribution in [2.24, 2.45) is 0 Å². The van der Waals surface area contributed by atoms with E-state index in [1.165, 1.54) is 5.56 Å². The maximum Gasteiger partial charge on any atom is 0.160 e. The van der Waals surface area contributed by atoms with E-state index in [1.54, 1.807) is 21.3 Å². The third kappa shape index (κ3) is 3.47. The number of methoxy groups -OCH3 is 3. The maximum atomic E-state index is 5.94. The molecule has 2 fully saturated rings. The molecule has 0 spiro atoms. The van der Waals surface area contributed by atoms with E-state index in [0.717, 1.165) is 50.5 Å². The first kappa shape index (κ1) is 16.6. The van der Waals surface area contributed by atoms with Gasteiger partial charge in [-0.25, -0.2) is 0 Å². The van der Waals surface area contributed by atoms with E-state index < -0.39 is 0 Å². The van der Waals surface area contributed by atoms with Crippen LogP contribution in [0.4, 0.5) is 0 Å². The minimum Gasteiger partial charge on any atom is -0.493 e. The van der Waals surface area contributed by atoms with E-state index in [2.05, 4.69) is 17.0 Å². The monoisotopic (exact) mass is 321 g/mol. The van der Waals surface area contributed by atoms with Gasteiger partial charge in [-0.2, -0.15) is 0 Å². The van der Waals surface area contributed by atoms with Crippen LogP contribution in [0.15, 0.2) is 18.2 Å². The van der Waals surface area contributed by atoms with Crippen LogP contribution in [-0.2, 0) is 15.9 Å². The van der Waals surface area contributed by atoms with Crippen LogP contribution in [0.5, 0.6) is 11.5 Å². The van der Waals surface area contributed by atoms with Crippen molar-refractivity contribution in [1.82, 2.24) is 4.90 Å². The molecule has 1 heterocycles. The van der Waals surface area contributed by atoms with Crippen LogP contribution in [0.1, 0.15) is 18.4 Å². The summed E-state index contributed by atoms with van der Waals surface area (Å²) in [6, 6.07) is 6.63. The van der Waals surface area contributed by atoms with E-state index in [0.29, 0.717) is 6.04 Å². The molecule has 2 aliphatic rings. The summed E-state index contributed by atoms with van der Waals surface area (Å²) in [4.78, 5) is 2.53. The molecule has 0 N–H and O–H groups in total. The van der Waals surface area contributed by atoms with Crippen LogP contribution in [0.25, 0.3) is 0 Å². The fourth-order valence-corrected chi connectivity index (χ4v) is 3.86. The van der Waals surface area contributed by atoms with E-state index >= 15 is 0 Å². The highest BCUT2D eigenvalue weighted by atomic mass is 16.5. The average molecular weight is 321 g/mol. The summed E-state index contributed by atoms with van der Waals surface area (Å²) < 4.78 is 22.3. The molecule has 1 saturated carbocycles. The molecule has 0 amide bonds. The molecule has 3 rings (SSSR count). The van der Waals surface area contributed by atoms with Gasteiger partial charge in [-0.15, -0.1) is 0 Å². The van der Waals surface area contributed by atoms with Gasteiger partial charge in [-0.05, 0) is 37.0 Å². The van der Waals surface area contributed by atoms with Gasteiger partial charge in [0.1, 0.15) is 0 Å². The standard InChI is InChI=1S/C18H27NO4/c1-20-15-6-4-13(12-17(15)21-2)8-9-19-10-11-23-16-7-5-14(19)18(16)22-3/h4,6,12,14,16,18H,5,7-11H2,1-3H3/t14-,16-,18-/m0/s1. The number of nitrogens with zero attached hydrogens (tertiary/aromatic N) is 1. The zero-order valence-electron chi connectivity index (χ0n) is 14.3. The maximum absolute atomic E-state index is 5.94. The lowest BCUT2D eigenvalue weighted by atomic mass is 10.1. The molecule has 3 atom stereocenters. The quantitative estimate of drug-likeness (QED) is 0.803. The first-order chi connectivity index (χ1) is 11.3. The Labute approximate surface area is 138 Å². The van der Waals surface area contributed by atoms with Crippen molar-refractivity contribution in [3.63, 3.8) is 0 Å². The van der Waals surface area contributed by atoms with Gasteiger partial charge >= 0.3 is 0 Å². The Morgan fingerprint density at radius 3 is 2.70 bits per heavy atom. The van der Waals surface area contributed by atoms with Crippen molar-refractivity contribution in [1.29, 1.82) is 0 Å². The molecular weight excluding hydrogens is 294 g/mol. The summed E-state index contributed by atoms with van der Waals surface area (Å²) in [6.45, 7) is 2.79. The second-order valence-corrected chi connectivity index (χ2v) is 6.23. The Kier molecular flexibility index (Phi) is 5.41. The molecule has 0 unspecified atom stereocenters. The van der Waals surface area contributed by atoms with Gasteiger partial charge in [-0.1, -0.05) is 6.07 Å². The minimum absolute atomic E-state index is 0.211. The molecule has 1 aliphatic heterocycles. The zero-order valence-corrected chi connectivity index (χ0v) is 14.3. The van der Waals surface area contributed by atoms with E-state index in [1.807, 2.05) is 6.07 Å². The summed E-state index contributed by atoms with van der Waals surface area (Å²) >= 11 is 0. The highest BCUT2D eigenvalue weighted by Crippen LogP contribution is 2.32. The minimum atomic E-state index is 0.211. The van der Waals surface area contributed by atoms with Crippen molar-refractivity contribution in [3.8, 4) is 11.5 Å².